The average molecular weight is 308 g/mol. The molecule has 0 amide bonds. The minimum atomic E-state index is -3.43. The molecule has 0 saturated heterocycles. The average Bonchev–Trinajstić information content (AvgIpc) is 2.35. The maximum absolute atomic E-state index is 12.6. The summed E-state index contributed by atoms with van der Waals surface area (Å²) in [6.45, 7) is 12.9. The van der Waals surface area contributed by atoms with Crippen LogP contribution in [0, 0.1) is 11.8 Å². The minimum absolute atomic E-state index is 0.122. The Bertz CT molecular complexity index is 271. The van der Waals surface area contributed by atoms with Crippen LogP contribution in [0.1, 0.15) is 67.2 Å². The van der Waals surface area contributed by atoms with Gasteiger partial charge in [0.25, 0.3) is 0 Å². The fourth-order valence-electron chi connectivity index (χ4n) is 2.12. The van der Waals surface area contributed by atoms with Gasteiger partial charge in [-0.05, 0) is 25.2 Å². The fraction of sp³-hybridized carbons (Fsp3) is 1.00. The van der Waals surface area contributed by atoms with E-state index < -0.39 is 7.82 Å². The van der Waals surface area contributed by atoms with Crippen molar-refractivity contribution in [1.29, 1.82) is 0 Å². The molecule has 1 unspecified atom stereocenters. The predicted molar refractivity (Wildman–Crippen MR) is 83.9 cm³/mol. The van der Waals surface area contributed by atoms with Gasteiger partial charge in [-0.15, -0.1) is 0 Å². The highest BCUT2D eigenvalue weighted by Gasteiger charge is 2.33. The van der Waals surface area contributed by atoms with E-state index in [1.54, 1.807) is 6.92 Å². The zero-order valence-corrected chi connectivity index (χ0v) is 14.9. The van der Waals surface area contributed by atoms with Crippen LogP contribution < -0.4 is 0 Å². The second-order valence-electron chi connectivity index (χ2n) is 5.82. The molecule has 0 bridgehead atoms. The van der Waals surface area contributed by atoms with E-state index in [2.05, 4.69) is 34.6 Å². The predicted octanol–water partition coefficient (Wildman–Crippen LogP) is 5.43. The summed E-state index contributed by atoms with van der Waals surface area (Å²) in [5, 5.41) is 0. The van der Waals surface area contributed by atoms with Crippen molar-refractivity contribution in [2.45, 2.75) is 73.3 Å². The first-order chi connectivity index (χ1) is 9.36. The molecule has 4 nitrogen and oxygen atoms in total. The lowest BCUT2D eigenvalue weighted by atomic mass is 9.97. The minimum Gasteiger partial charge on any atom is -0.287 e. The third-order valence-corrected chi connectivity index (χ3v) is 4.67. The molecule has 0 rings (SSSR count). The van der Waals surface area contributed by atoms with Gasteiger partial charge in [-0.3, -0.25) is 13.6 Å². The van der Waals surface area contributed by atoms with Gasteiger partial charge in [-0.25, -0.2) is 4.57 Å². The summed E-state index contributed by atoms with van der Waals surface area (Å²) in [4.78, 5) is 0. The van der Waals surface area contributed by atoms with Crippen LogP contribution in [0.25, 0.3) is 0 Å². The van der Waals surface area contributed by atoms with Crippen molar-refractivity contribution in [2.75, 3.05) is 13.2 Å². The van der Waals surface area contributed by atoms with Gasteiger partial charge in [0, 0.05) is 0 Å². The van der Waals surface area contributed by atoms with Crippen LogP contribution in [0.3, 0.4) is 0 Å². The smallest absolute Gasteiger partial charge is 0.287 e. The molecular weight excluding hydrogens is 275 g/mol. The molecule has 1 atom stereocenters. The highest BCUT2D eigenvalue weighted by atomic mass is 31.2. The Hall–Kier alpha value is 0.110. The number of hydrogen-bond acceptors (Lipinski definition) is 4. The quantitative estimate of drug-likeness (QED) is 0.356. The molecule has 0 heterocycles. The molecule has 0 aliphatic carbocycles. The molecule has 122 valence electrons. The van der Waals surface area contributed by atoms with E-state index >= 15 is 0 Å². The molecule has 0 aromatic rings. The first-order valence-electron chi connectivity index (χ1n) is 7.93. The lowest BCUT2D eigenvalue weighted by Gasteiger charge is -2.28. The van der Waals surface area contributed by atoms with Crippen molar-refractivity contribution < 1.29 is 18.1 Å². The summed E-state index contributed by atoms with van der Waals surface area (Å²) in [5.41, 5.74) is 0. The molecule has 0 spiro atoms. The van der Waals surface area contributed by atoms with E-state index in [1.807, 2.05) is 0 Å². The van der Waals surface area contributed by atoms with Crippen molar-refractivity contribution in [1.82, 2.24) is 0 Å². The van der Waals surface area contributed by atoms with Crippen LogP contribution in [-0.2, 0) is 18.1 Å². The Labute approximate surface area is 125 Å². The molecule has 0 N–H and O–H groups in total. The van der Waals surface area contributed by atoms with E-state index in [0.29, 0.717) is 13.2 Å². The standard InChI is InChI=1S/C15H33O4P/c1-7-9-10-11-12-18-20(16,17-8-2)19-15(13(3)4)14(5)6/h13-15H,7-12H2,1-6H3. The number of phosphoric acid groups is 1. The van der Waals surface area contributed by atoms with Crippen LogP contribution in [0.15, 0.2) is 0 Å². The van der Waals surface area contributed by atoms with Gasteiger partial charge < -0.3 is 0 Å². The maximum atomic E-state index is 12.6. The van der Waals surface area contributed by atoms with Gasteiger partial charge in [-0.1, -0.05) is 53.9 Å². The topological polar surface area (TPSA) is 44.8 Å². The molecule has 20 heavy (non-hydrogen) atoms. The van der Waals surface area contributed by atoms with Gasteiger partial charge in [0.05, 0.1) is 19.3 Å². The maximum Gasteiger partial charge on any atom is 0.475 e. The van der Waals surface area contributed by atoms with Gasteiger partial charge in [-0.2, -0.15) is 0 Å². The summed E-state index contributed by atoms with van der Waals surface area (Å²) in [6, 6.07) is 0. The molecule has 0 saturated carbocycles. The van der Waals surface area contributed by atoms with Crippen molar-refractivity contribution in [2.24, 2.45) is 11.8 Å². The van der Waals surface area contributed by atoms with E-state index in [-0.39, 0.29) is 17.9 Å². The Kier molecular flexibility index (Phi) is 10.8. The number of phosphoric ester groups is 1. The number of rotatable bonds is 12. The second kappa shape index (κ2) is 10.8. The van der Waals surface area contributed by atoms with Crippen LogP contribution in [0.4, 0.5) is 0 Å². The van der Waals surface area contributed by atoms with E-state index in [1.165, 1.54) is 12.8 Å². The number of unbranched alkanes of at least 4 members (excludes halogenated alkanes) is 3. The molecule has 5 heteroatoms. The van der Waals surface area contributed by atoms with Gasteiger partial charge in [0.1, 0.15) is 0 Å². The van der Waals surface area contributed by atoms with E-state index in [9.17, 15) is 4.57 Å². The third kappa shape index (κ3) is 8.41. The lowest BCUT2D eigenvalue weighted by molar-refractivity contribution is 0.0363. The van der Waals surface area contributed by atoms with Gasteiger partial charge in [0.2, 0.25) is 0 Å². The molecular formula is C15H33O4P. The lowest BCUT2D eigenvalue weighted by Crippen LogP contribution is -2.25. The first-order valence-corrected chi connectivity index (χ1v) is 9.39. The highest BCUT2D eigenvalue weighted by Crippen LogP contribution is 2.52. The third-order valence-electron chi connectivity index (χ3n) is 3.10. The molecule has 0 radical (unpaired) electrons. The summed E-state index contributed by atoms with van der Waals surface area (Å²) in [5.74, 6) is 0.542. The Morgan fingerprint density at radius 2 is 1.50 bits per heavy atom. The van der Waals surface area contributed by atoms with Gasteiger partial charge >= 0.3 is 7.82 Å². The SMILES string of the molecule is CCCCCCOP(=O)(OCC)OC(C(C)C)C(C)C. The number of hydrogen-bond donors (Lipinski definition) is 0. The normalized spacial score (nSPS) is 15.2. The summed E-state index contributed by atoms with van der Waals surface area (Å²) in [7, 11) is -3.43. The summed E-state index contributed by atoms with van der Waals surface area (Å²) >= 11 is 0. The van der Waals surface area contributed by atoms with Crippen molar-refractivity contribution in [3.05, 3.63) is 0 Å². The van der Waals surface area contributed by atoms with Crippen molar-refractivity contribution >= 4 is 7.82 Å². The van der Waals surface area contributed by atoms with Crippen molar-refractivity contribution in [3.8, 4) is 0 Å². The zero-order chi connectivity index (χ0) is 15.6. The zero-order valence-electron chi connectivity index (χ0n) is 14.1. The first kappa shape index (κ1) is 20.1. The molecule has 0 fully saturated rings. The van der Waals surface area contributed by atoms with Crippen LogP contribution in [-0.4, -0.2) is 19.3 Å². The molecule has 0 aromatic heterocycles. The Morgan fingerprint density at radius 3 is 1.95 bits per heavy atom. The second-order valence-corrected chi connectivity index (χ2v) is 7.44. The fourth-order valence-corrected chi connectivity index (χ4v) is 3.77. The molecule has 0 aliphatic rings. The summed E-state index contributed by atoms with van der Waals surface area (Å²) in [6.07, 6.45) is 4.19. The highest BCUT2D eigenvalue weighted by molar-refractivity contribution is 7.48. The van der Waals surface area contributed by atoms with Crippen LogP contribution >= 0.6 is 7.82 Å². The molecule has 0 aromatic carbocycles. The van der Waals surface area contributed by atoms with Crippen LogP contribution in [0.2, 0.25) is 0 Å². The summed E-state index contributed by atoms with van der Waals surface area (Å²) < 4.78 is 29.1. The van der Waals surface area contributed by atoms with Gasteiger partial charge in [0.15, 0.2) is 0 Å². The van der Waals surface area contributed by atoms with E-state index in [0.717, 1.165) is 12.8 Å². The Balaban J connectivity index is 4.46. The Morgan fingerprint density at radius 1 is 0.900 bits per heavy atom. The van der Waals surface area contributed by atoms with Crippen molar-refractivity contribution in [3.63, 3.8) is 0 Å². The molecule has 0 aliphatic heterocycles. The van der Waals surface area contributed by atoms with Crippen LogP contribution in [0.5, 0.6) is 0 Å². The largest absolute Gasteiger partial charge is 0.475 e. The van der Waals surface area contributed by atoms with E-state index in [4.69, 9.17) is 13.6 Å². The monoisotopic (exact) mass is 308 g/mol.